The lowest BCUT2D eigenvalue weighted by molar-refractivity contribution is -0.255. The molecule has 4 nitrogen and oxygen atoms in total. The van der Waals surface area contributed by atoms with Gasteiger partial charge < -0.3 is 10.8 Å². The van der Waals surface area contributed by atoms with Gasteiger partial charge in [0.15, 0.2) is 0 Å². The van der Waals surface area contributed by atoms with Crippen molar-refractivity contribution in [1.29, 1.82) is 0 Å². The van der Waals surface area contributed by atoms with Crippen LogP contribution in [0, 0.1) is 0 Å². The van der Waals surface area contributed by atoms with Crippen molar-refractivity contribution in [3.8, 4) is 0 Å². The van der Waals surface area contributed by atoms with Gasteiger partial charge in [0.2, 0.25) is 0 Å². The topological polar surface area (TPSA) is 54.4 Å². The molecule has 1 saturated heterocycles. The van der Waals surface area contributed by atoms with E-state index in [4.69, 9.17) is 5.11 Å². The Morgan fingerprint density at radius 3 is 2.17 bits per heavy atom. The van der Waals surface area contributed by atoms with Crippen LogP contribution in [0.15, 0.2) is 18.2 Å². The van der Waals surface area contributed by atoms with Crippen molar-refractivity contribution >= 4 is 5.69 Å². The SMILES string of the molecule is CC(C)N1CCN(Cc2ccc([NH3+])cc2C(F)(F)F)CC1.CO. The van der Waals surface area contributed by atoms with E-state index in [1.54, 1.807) is 12.1 Å². The van der Waals surface area contributed by atoms with Crippen molar-refractivity contribution < 1.29 is 24.0 Å². The third-order valence-corrected chi connectivity index (χ3v) is 4.01. The second kappa shape index (κ2) is 8.63. The summed E-state index contributed by atoms with van der Waals surface area (Å²) in [7, 11) is 1.00. The molecule has 1 aliphatic rings. The molecule has 0 atom stereocenters. The number of halogens is 3. The Balaban J connectivity index is 0.00000127. The van der Waals surface area contributed by atoms with Crippen LogP contribution in [0.5, 0.6) is 0 Å². The summed E-state index contributed by atoms with van der Waals surface area (Å²) in [5, 5.41) is 7.00. The lowest BCUT2D eigenvalue weighted by Gasteiger charge is -2.37. The summed E-state index contributed by atoms with van der Waals surface area (Å²) >= 11 is 0. The van der Waals surface area contributed by atoms with Crippen LogP contribution in [-0.2, 0) is 12.7 Å². The van der Waals surface area contributed by atoms with Crippen LogP contribution in [0.1, 0.15) is 25.0 Å². The number of piperazine rings is 1. The molecule has 23 heavy (non-hydrogen) atoms. The zero-order chi connectivity index (χ0) is 17.6. The first-order valence-corrected chi connectivity index (χ1v) is 7.70. The molecule has 0 aliphatic carbocycles. The van der Waals surface area contributed by atoms with Crippen molar-refractivity contribution in [2.45, 2.75) is 32.6 Å². The Hall–Kier alpha value is -1.15. The van der Waals surface area contributed by atoms with Gasteiger partial charge in [-0.05, 0) is 25.5 Å². The molecule has 0 unspecified atom stereocenters. The highest BCUT2D eigenvalue weighted by atomic mass is 19.4. The average molecular weight is 334 g/mol. The van der Waals surface area contributed by atoms with Gasteiger partial charge >= 0.3 is 6.18 Å². The minimum Gasteiger partial charge on any atom is -0.400 e. The maximum absolute atomic E-state index is 13.1. The molecule has 0 amide bonds. The number of alkyl halides is 3. The Morgan fingerprint density at radius 1 is 1.13 bits per heavy atom. The Kier molecular flexibility index (Phi) is 7.47. The van der Waals surface area contributed by atoms with E-state index in [9.17, 15) is 13.2 Å². The highest BCUT2D eigenvalue weighted by Crippen LogP contribution is 2.33. The van der Waals surface area contributed by atoms with Crippen LogP contribution in [0.25, 0.3) is 0 Å². The first-order valence-electron chi connectivity index (χ1n) is 7.70. The molecule has 2 rings (SSSR count). The summed E-state index contributed by atoms with van der Waals surface area (Å²) in [6.07, 6.45) is -4.32. The van der Waals surface area contributed by atoms with Crippen LogP contribution in [0.2, 0.25) is 0 Å². The summed E-state index contributed by atoms with van der Waals surface area (Å²) in [5.74, 6) is 0. The molecule has 0 bridgehead atoms. The fraction of sp³-hybridized carbons (Fsp3) is 0.625. The van der Waals surface area contributed by atoms with E-state index in [0.717, 1.165) is 39.4 Å². The summed E-state index contributed by atoms with van der Waals surface area (Å²) < 4.78 is 39.3. The van der Waals surface area contributed by atoms with Crippen molar-refractivity contribution in [3.05, 3.63) is 29.3 Å². The number of rotatable bonds is 3. The van der Waals surface area contributed by atoms with E-state index in [-0.39, 0.29) is 0 Å². The van der Waals surface area contributed by atoms with Gasteiger partial charge in [-0.25, -0.2) is 0 Å². The summed E-state index contributed by atoms with van der Waals surface area (Å²) in [6.45, 7) is 8.07. The lowest BCUT2D eigenvalue weighted by Crippen LogP contribution is -2.48. The molecule has 0 spiro atoms. The number of quaternary nitrogens is 1. The number of hydrogen-bond acceptors (Lipinski definition) is 3. The van der Waals surface area contributed by atoms with Crippen LogP contribution in [-0.4, -0.2) is 54.2 Å². The molecule has 0 saturated carbocycles. The Morgan fingerprint density at radius 2 is 1.70 bits per heavy atom. The zero-order valence-corrected chi connectivity index (χ0v) is 14.0. The highest BCUT2D eigenvalue weighted by Gasteiger charge is 2.34. The molecule has 1 aromatic carbocycles. The van der Waals surface area contributed by atoms with Crippen molar-refractivity contribution in [2.24, 2.45) is 0 Å². The molecule has 7 heteroatoms. The molecular weight excluding hydrogens is 307 g/mol. The number of hydrogen-bond donors (Lipinski definition) is 2. The number of aliphatic hydroxyl groups is 1. The van der Waals surface area contributed by atoms with Crippen molar-refractivity contribution in [3.63, 3.8) is 0 Å². The van der Waals surface area contributed by atoms with Crippen molar-refractivity contribution in [2.75, 3.05) is 33.3 Å². The third-order valence-electron chi connectivity index (χ3n) is 4.01. The molecule has 1 aliphatic heterocycles. The van der Waals surface area contributed by atoms with Gasteiger partial charge in [-0.2, -0.15) is 13.2 Å². The first kappa shape index (κ1) is 19.9. The maximum atomic E-state index is 13.1. The Labute approximate surface area is 135 Å². The van der Waals surface area contributed by atoms with Gasteiger partial charge in [0, 0.05) is 51.9 Å². The number of aliphatic hydroxyl groups excluding tert-OH is 1. The van der Waals surface area contributed by atoms with E-state index >= 15 is 0 Å². The molecule has 0 radical (unpaired) electrons. The largest absolute Gasteiger partial charge is 0.416 e. The smallest absolute Gasteiger partial charge is 0.400 e. The van der Waals surface area contributed by atoms with E-state index in [0.29, 0.717) is 23.8 Å². The molecular formula is C16H27F3N3O+. The van der Waals surface area contributed by atoms with Gasteiger partial charge in [0.1, 0.15) is 5.69 Å². The van der Waals surface area contributed by atoms with Crippen LogP contribution < -0.4 is 5.73 Å². The quantitative estimate of drug-likeness (QED) is 0.885. The number of benzene rings is 1. The minimum absolute atomic E-state index is 0.341. The van der Waals surface area contributed by atoms with E-state index < -0.39 is 11.7 Å². The molecule has 4 N–H and O–H groups in total. The average Bonchev–Trinajstić information content (AvgIpc) is 2.50. The number of nitrogens with zero attached hydrogens (tertiary/aromatic N) is 2. The van der Waals surface area contributed by atoms with E-state index in [1.807, 2.05) is 0 Å². The highest BCUT2D eigenvalue weighted by molar-refractivity contribution is 5.40. The minimum atomic E-state index is -4.32. The van der Waals surface area contributed by atoms with Gasteiger partial charge in [-0.1, -0.05) is 6.07 Å². The standard InChI is InChI=1S/C15H22F3N3.CH4O/c1-11(2)21-7-5-20(6-8-21)10-12-3-4-13(19)9-14(12)15(16,17)18;1-2/h3-4,9,11H,5-8,10,19H2,1-2H3;2H,1H3/p+1. The normalized spacial score (nSPS) is 17.1. The summed E-state index contributed by atoms with van der Waals surface area (Å²) in [4.78, 5) is 4.44. The molecule has 1 fully saturated rings. The monoisotopic (exact) mass is 334 g/mol. The van der Waals surface area contributed by atoms with Gasteiger partial charge in [0.25, 0.3) is 0 Å². The first-order chi connectivity index (χ1) is 10.8. The second-order valence-corrected chi connectivity index (χ2v) is 5.90. The van der Waals surface area contributed by atoms with Crippen LogP contribution in [0.4, 0.5) is 18.9 Å². The predicted octanol–water partition coefficient (Wildman–Crippen LogP) is 1.71. The van der Waals surface area contributed by atoms with E-state index in [2.05, 4.69) is 29.4 Å². The van der Waals surface area contributed by atoms with Gasteiger partial charge in [-0.3, -0.25) is 9.80 Å². The van der Waals surface area contributed by atoms with E-state index in [1.165, 1.54) is 0 Å². The van der Waals surface area contributed by atoms with Crippen molar-refractivity contribution in [1.82, 2.24) is 9.80 Å². The third kappa shape index (κ3) is 5.76. The zero-order valence-electron chi connectivity index (χ0n) is 14.0. The summed E-state index contributed by atoms with van der Waals surface area (Å²) in [5.41, 5.74) is 3.78. The second-order valence-electron chi connectivity index (χ2n) is 5.90. The van der Waals surface area contributed by atoms with Gasteiger partial charge in [-0.15, -0.1) is 0 Å². The van der Waals surface area contributed by atoms with Crippen LogP contribution >= 0.6 is 0 Å². The maximum Gasteiger partial charge on any atom is 0.416 e. The fourth-order valence-electron chi connectivity index (χ4n) is 2.70. The lowest BCUT2D eigenvalue weighted by atomic mass is 10.0. The Bertz CT molecular complexity index is 484. The predicted molar refractivity (Wildman–Crippen MR) is 84.1 cm³/mol. The molecule has 1 heterocycles. The fourth-order valence-corrected chi connectivity index (χ4v) is 2.70. The summed E-state index contributed by atoms with van der Waals surface area (Å²) in [6, 6.07) is 4.83. The molecule has 1 aromatic rings. The molecule has 0 aromatic heterocycles. The molecule has 132 valence electrons. The van der Waals surface area contributed by atoms with Crippen LogP contribution in [0.3, 0.4) is 0 Å². The van der Waals surface area contributed by atoms with Gasteiger partial charge in [0.05, 0.1) is 5.56 Å².